The maximum absolute atomic E-state index is 13.5. The van der Waals surface area contributed by atoms with Crippen LogP contribution in [-0.4, -0.2) is 52.1 Å². The van der Waals surface area contributed by atoms with Gasteiger partial charge in [-0.15, -0.1) is 0 Å². The Balaban J connectivity index is 1.47. The van der Waals surface area contributed by atoms with E-state index in [1.54, 1.807) is 12.1 Å². The second-order valence-corrected chi connectivity index (χ2v) is 9.80. The van der Waals surface area contributed by atoms with Crippen molar-refractivity contribution in [2.45, 2.75) is 76.9 Å². The van der Waals surface area contributed by atoms with Gasteiger partial charge >= 0.3 is 0 Å². The maximum atomic E-state index is 13.5. The Bertz CT molecular complexity index is 961. The molecule has 8 heteroatoms. The van der Waals surface area contributed by atoms with Crippen LogP contribution in [0.4, 0.5) is 4.39 Å². The Labute approximate surface area is 205 Å². The molecule has 1 N–H and O–H groups in total. The highest BCUT2D eigenvalue weighted by atomic mass is 19.1. The highest BCUT2D eigenvalue weighted by molar-refractivity contribution is 6.05. The standard InChI is InChI=1S/C27H34FN3O4/c1-2-23(25(33)29-20-7-3-4-8-20)31(17-18-11-13-19(28)14-12-18)24(32)15-16-30-26(34)21-9-5-6-10-22(21)27(30)35/h5-6,11-14,20-23H,2-4,7-10,15-17H2,1H3,(H,29,33)/t21-,22+,23?. The molecule has 1 saturated carbocycles. The van der Waals surface area contributed by atoms with E-state index >= 15 is 0 Å². The predicted octanol–water partition coefficient (Wildman–Crippen LogP) is 3.33. The van der Waals surface area contributed by atoms with E-state index < -0.39 is 6.04 Å². The van der Waals surface area contributed by atoms with E-state index in [1.807, 2.05) is 19.1 Å². The molecule has 3 aliphatic rings. The lowest BCUT2D eigenvalue weighted by atomic mass is 9.85. The summed E-state index contributed by atoms with van der Waals surface area (Å²) in [5, 5.41) is 3.09. The van der Waals surface area contributed by atoms with Gasteiger partial charge in [-0.2, -0.15) is 0 Å². The van der Waals surface area contributed by atoms with Crippen molar-refractivity contribution in [2.75, 3.05) is 6.54 Å². The summed E-state index contributed by atoms with van der Waals surface area (Å²) in [4.78, 5) is 54.9. The Kier molecular flexibility index (Phi) is 7.98. The predicted molar refractivity (Wildman–Crippen MR) is 128 cm³/mol. The molecule has 35 heavy (non-hydrogen) atoms. The Morgan fingerprint density at radius 1 is 1.06 bits per heavy atom. The molecule has 1 unspecified atom stereocenters. The molecule has 1 heterocycles. The van der Waals surface area contributed by atoms with Crippen molar-refractivity contribution in [1.29, 1.82) is 0 Å². The molecule has 0 bridgehead atoms. The van der Waals surface area contributed by atoms with E-state index in [-0.39, 0.29) is 66.8 Å². The summed E-state index contributed by atoms with van der Waals surface area (Å²) in [7, 11) is 0. The molecule has 1 saturated heterocycles. The molecule has 4 rings (SSSR count). The minimum Gasteiger partial charge on any atom is -0.352 e. The second kappa shape index (κ2) is 11.1. The number of imide groups is 1. The summed E-state index contributed by atoms with van der Waals surface area (Å²) >= 11 is 0. The number of amides is 4. The monoisotopic (exact) mass is 483 g/mol. The van der Waals surface area contributed by atoms with Crippen molar-refractivity contribution < 1.29 is 23.6 Å². The summed E-state index contributed by atoms with van der Waals surface area (Å²) in [6.45, 7) is 2.01. The van der Waals surface area contributed by atoms with Crippen molar-refractivity contribution in [1.82, 2.24) is 15.1 Å². The van der Waals surface area contributed by atoms with Gasteiger partial charge in [0.15, 0.2) is 0 Å². The van der Waals surface area contributed by atoms with Gasteiger partial charge in [-0.05, 0) is 49.8 Å². The minimum atomic E-state index is -0.690. The normalized spacial score (nSPS) is 22.9. The van der Waals surface area contributed by atoms with Gasteiger partial charge in [0.05, 0.1) is 11.8 Å². The average Bonchev–Trinajstić information content (AvgIpc) is 3.45. The van der Waals surface area contributed by atoms with Crippen LogP contribution in [0.5, 0.6) is 0 Å². The molecule has 7 nitrogen and oxygen atoms in total. The van der Waals surface area contributed by atoms with Crippen LogP contribution >= 0.6 is 0 Å². The van der Waals surface area contributed by atoms with Crippen LogP contribution in [0.1, 0.15) is 63.9 Å². The van der Waals surface area contributed by atoms with Crippen molar-refractivity contribution in [3.05, 3.63) is 47.8 Å². The molecule has 188 valence electrons. The number of allylic oxidation sites excluding steroid dienone is 2. The Hall–Kier alpha value is -3.03. The first-order valence-electron chi connectivity index (χ1n) is 12.7. The third-order valence-corrected chi connectivity index (χ3v) is 7.50. The molecular formula is C27H34FN3O4. The van der Waals surface area contributed by atoms with E-state index in [9.17, 15) is 23.6 Å². The van der Waals surface area contributed by atoms with Crippen molar-refractivity contribution in [3.63, 3.8) is 0 Å². The number of benzene rings is 1. The summed E-state index contributed by atoms with van der Waals surface area (Å²) in [5.74, 6) is -1.98. The molecule has 2 aliphatic carbocycles. The Morgan fingerprint density at radius 3 is 2.23 bits per heavy atom. The zero-order valence-corrected chi connectivity index (χ0v) is 20.2. The van der Waals surface area contributed by atoms with E-state index in [4.69, 9.17) is 0 Å². The SMILES string of the molecule is CCC(C(=O)NC1CCCC1)N(Cc1ccc(F)cc1)C(=O)CCN1C(=O)[C@H]2CC=CC[C@H]2C1=O. The van der Waals surface area contributed by atoms with Crippen LogP contribution in [0.2, 0.25) is 0 Å². The van der Waals surface area contributed by atoms with E-state index in [0.29, 0.717) is 24.8 Å². The fourth-order valence-corrected chi connectivity index (χ4v) is 5.51. The number of halogens is 1. The van der Waals surface area contributed by atoms with Crippen LogP contribution in [0.25, 0.3) is 0 Å². The van der Waals surface area contributed by atoms with E-state index in [2.05, 4.69) is 5.32 Å². The lowest BCUT2D eigenvalue weighted by Gasteiger charge is -2.32. The van der Waals surface area contributed by atoms with Gasteiger partial charge in [0.2, 0.25) is 23.6 Å². The summed E-state index contributed by atoms with van der Waals surface area (Å²) < 4.78 is 13.4. The third kappa shape index (κ3) is 5.63. The zero-order valence-electron chi connectivity index (χ0n) is 20.2. The van der Waals surface area contributed by atoms with Crippen molar-refractivity contribution in [2.24, 2.45) is 11.8 Å². The lowest BCUT2D eigenvalue weighted by Crippen LogP contribution is -2.51. The topological polar surface area (TPSA) is 86.8 Å². The molecule has 1 aromatic rings. The second-order valence-electron chi connectivity index (χ2n) is 9.80. The van der Waals surface area contributed by atoms with Crippen LogP contribution < -0.4 is 5.32 Å². The number of hydrogen-bond donors (Lipinski definition) is 1. The van der Waals surface area contributed by atoms with Gasteiger partial charge in [0.1, 0.15) is 11.9 Å². The average molecular weight is 484 g/mol. The molecule has 2 fully saturated rings. The molecular weight excluding hydrogens is 449 g/mol. The summed E-state index contributed by atoms with van der Waals surface area (Å²) in [6.07, 6.45) is 9.35. The lowest BCUT2D eigenvalue weighted by molar-refractivity contribution is -0.144. The minimum absolute atomic E-state index is 0.00406. The highest BCUT2D eigenvalue weighted by Gasteiger charge is 2.47. The third-order valence-electron chi connectivity index (χ3n) is 7.50. The summed E-state index contributed by atoms with van der Waals surface area (Å²) in [5.41, 5.74) is 0.706. The number of carbonyl (C=O) groups is 4. The van der Waals surface area contributed by atoms with Gasteiger partial charge in [-0.3, -0.25) is 24.1 Å². The quantitative estimate of drug-likeness (QED) is 0.431. The fourth-order valence-electron chi connectivity index (χ4n) is 5.51. The van der Waals surface area contributed by atoms with Crippen molar-refractivity contribution in [3.8, 4) is 0 Å². The molecule has 0 radical (unpaired) electrons. The van der Waals surface area contributed by atoms with Gasteiger partial charge in [0.25, 0.3) is 0 Å². The van der Waals surface area contributed by atoms with Gasteiger partial charge in [-0.1, -0.05) is 44.1 Å². The van der Waals surface area contributed by atoms with Crippen LogP contribution in [0, 0.1) is 17.7 Å². The number of likely N-dealkylation sites (tertiary alicyclic amines) is 1. The summed E-state index contributed by atoms with van der Waals surface area (Å²) in [6, 6.07) is 5.29. The molecule has 0 aromatic heterocycles. The number of nitrogens with one attached hydrogen (secondary N) is 1. The van der Waals surface area contributed by atoms with E-state index in [0.717, 1.165) is 25.7 Å². The highest BCUT2D eigenvalue weighted by Crippen LogP contribution is 2.35. The van der Waals surface area contributed by atoms with Crippen LogP contribution in [0.3, 0.4) is 0 Å². The number of nitrogens with zero attached hydrogens (tertiary/aromatic N) is 2. The van der Waals surface area contributed by atoms with Crippen LogP contribution in [-0.2, 0) is 25.7 Å². The first-order valence-corrected chi connectivity index (χ1v) is 12.7. The number of carbonyl (C=O) groups excluding carboxylic acids is 4. The smallest absolute Gasteiger partial charge is 0.243 e. The number of fused-ring (bicyclic) bond motifs is 1. The number of hydrogen-bond acceptors (Lipinski definition) is 4. The molecule has 4 amide bonds. The van der Waals surface area contributed by atoms with Gasteiger partial charge < -0.3 is 10.2 Å². The first-order chi connectivity index (χ1) is 16.9. The fraction of sp³-hybridized carbons (Fsp3) is 0.556. The Morgan fingerprint density at radius 2 is 1.66 bits per heavy atom. The van der Waals surface area contributed by atoms with Crippen molar-refractivity contribution >= 4 is 23.6 Å². The van der Waals surface area contributed by atoms with Gasteiger partial charge in [-0.25, -0.2) is 4.39 Å². The number of rotatable bonds is 9. The van der Waals surface area contributed by atoms with E-state index in [1.165, 1.54) is 21.9 Å². The molecule has 3 atom stereocenters. The molecule has 0 spiro atoms. The maximum Gasteiger partial charge on any atom is 0.243 e. The first kappa shape index (κ1) is 25.1. The van der Waals surface area contributed by atoms with Gasteiger partial charge in [0, 0.05) is 25.6 Å². The molecule has 1 aliphatic heterocycles. The molecule has 1 aromatic carbocycles. The zero-order chi connectivity index (χ0) is 24.9. The largest absolute Gasteiger partial charge is 0.352 e. The van der Waals surface area contributed by atoms with Crippen LogP contribution in [0.15, 0.2) is 36.4 Å².